The van der Waals surface area contributed by atoms with E-state index in [9.17, 15) is 5.11 Å². The Balaban J connectivity index is 1.24. The molecule has 0 bridgehead atoms. The fourth-order valence-corrected chi connectivity index (χ4v) is 5.80. The van der Waals surface area contributed by atoms with Crippen LogP contribution in [0.2, 0.25) is 0 Å². The molecule has 5 rings (SSSR count). The topological polar surface area (TPSA) is 54.0 Å². The van der Waals surface area contributed by atoms with E-state index < -0.39 is 0 Å². The highest BCUT2D eigenvalue weighted by Crippen LogP contribution is 2.40. The molecule has 0 saturated heterocycles. The van der Waals surface area contributed by atoms with Crippen LogP contribution in [0.3, 0.4) is 0 Å². The molecule has 1 fully saturated rings. The Morgan fingerprint density at radius 2 is 1.76 bits per heavy atom. The maximum atomic E-state index is 9.90. The van der Waals surface area contributed by atoms with Gasteiger partial charge in [0.05, 0.1) is 7.11 Å². The van der Waals surface area contributed by atoms with Gasteiger partial charge in [-0.05, 0) is 110 Å². The molecule has 5 heteroatoms. The molecule has 0 aliphatic heterocycles. The Bertz CT molecular complexity index is 1190. The number of benzene rings is 3. The summed E-state index contributed by atoms with van der Waals surface area (Å²) in [4.78, 5) is 2.45. The number of ether oxygens (including phenoxy) is 2. The standard InChI is InChI=1S/C33H42N2O3/c1-3-35(23-25-7-13-30(14-8-25)38-18-17-34-22-24-5-4-6-24)33-21-31(37-2)15-16-32(33)28-10-9-27-20-29(36)12-11-26(27)19-28/h7-8,11-16,20-21,24,28,34,36H,3-6,9-10,17-19,22-23H2,1-2H3. The van der Waals surface area contributed by atoms with Crippen LogP contribution in [0.25, 0.3) is 0 Å². The van der Waals surface area contributed by atoms with Gasteiger partial charge in [-0.2, -0.15) is 0 Å². The molecule has 38 heavy (non-hydrogen) atoms. The molecule has 2 N–H and O–H groups in total. The highest BCUT2D eigenvalue weighted by Gasteiger charge is 2.25. The van der Waals surface area contributed by atoms with Gasteiger partial charge in [0.15, 0.2) is 0 Å². The molecule has 0 aromatic heterocycles. The summed E-state index contributed by atoms with van der Waals surface area (Å²) in [6.07, 6.45) is 7.21. The van der Waals surface area contributed by atoms with Crippen molar-refractivity contribution in [2.45, 2.75) is 57.9 Å². The van der Waals surface area contributed by atoms with Crippen LogP contribution in [0, 0.1) is 5.92 Å². The fourth-order valence-electron chi connectivity index (χ4n) is 5.80. The number of nitrogens with zero attached hydrogens (tertiary/aromatic N) is 1. The monoisotopic (exact) mass is 514 g/mol. The van der Waals surface area contributed by atoms with E-state index in [1.54, 1.807) is 7.11 Å². The Morgan fingerprint density at radius 3 is 2.50 bits per heavy atom. The summed E-state index contributed by atoms with van der Waals surface area (Å²) in [5.41, 5.74) is 6.51. The van der Waals surface area contributed by atoms with Crippen molar-refractivity contribution in [3.05, 3.63) is 82.9 Å². The zero-order valence-electron chi connectivity index (χ0n) is 22.9. The van der Waals surface area contributed by atoms with Gasteiger partial charge in [0.2, 0.25) is 0 Å². The molecule has 1 atom stereocenters. The van der Waals surface area contributed by atoms with Gasteiger partial charge < -0.3 is 24.8 Å². The van der Waals surface area contributed by atoms with Crippen LogP contribution < -0.4 is 19.7 Å². The zero-order valence-corrected chi connectivity index (χ0v) is 22.9. The van der Waals surface area contributed by atoms with Crippen LogP contribution in [0.1, 0.15) is 60.8 Å². The molecule has 3 aromatic carbocycles. The number of anilines is 1. The van der Waals surface area contributed by atoms with Gasteiger partial charge in [0.25, 0.3) is 0 Å². The zero-order chi connectivity index (χ0) is 26.3. The average molecular weight is 515 g/mol. The first-order valence-corrected chi connectivity index (χ1v) is 14.3. The number of methoxy groups -OCH3 is 1. The van der Waals surface area contributed by atoms with Gasteiger partial charge >= 0.3 is 0 Å². The first-order valence-electron chi connectivity index (χ1n) is 14.3. The van der Waals surface area contributed by atoms with E-state index in [0.29, 0.717) is 18.3 Å². The summed E-state index contributed by atoms with van der Waals surface area (Å²) >= 11 is 0. The third-order valence-corrected chi connectivity index (χ3v) is 8.32. The van der Waals surface area contributed by atoms with E-state index in [1.807, 2.05) is 12.1 Å². The Kier molecular flexibility index (Phi) is 8.75. The second-order valence-corrected chi connectivity index (χ2v) is 10.8. The Morgan fingerprint density at radius 1 is 0.947 bits per heavy atom. The predicted molar refractivity (Wildman–Crippen MR) is 155 cm³/mol. The maximum absolute atomic E-state index is 9.90. The van der Waals surface area contributed by atoms with Gasteiger partial charge in [0.1, 0.15) is 23.9 Å². The predicted octanol–water partition coefficient (Wildman–Crippen LogP) is 6.47. The molecule has 1 unspecified atom stereocenters. The third-order valence-electron chi connectivity index (χ3n) is 8.32. The summed E-state index contributed by atoms with van der Waals surface area (Å²) in [7, 11) is 1.74. The smallest absolute Gasteiger partial charge is 0.120 e. The molecule has 5 nitrogen and oxygen atoms in total. The van der Waals surface area contributed by atoms with Crippen LogP contribution >= 0.6 is 0 Å². The minimum absolute atomic E-state index is 0.363. The molecular weight excluding hydrogens is 472 g/mol. The van der Waals surface area contributed by atoms with Gasteiger partial charge in [-0.3, -0.25) is 0 Å². The summed E-state index contributed by atoms with van der Waals surface area (Å²) in [6, 6.07) is 20.9. The molecule has 0 amide bonds. The number of aromatic hydroxyl groups is 1. The summed E-state index contributed by atoms with van der Waals surface area (Å²) in [6.45, 7) is 6.67. The largest absolute Gasteiger partial charge is 0.508 e. The lowest BCUT2D eigenvalue weighted by Gasteiger charge is -2.32. The number of nitrogens with one attached hydrogen (secondary N) is 1. The van der Waals surface area contributed by atoms with E-state index >= 15 is 0 Å². The van der Waals surface area contributed by atoms with Crippen molar-refractivity contribution in [3.8, 4) is 17.2 Å². The molecule has 0 radical (unpaired) electrons. The van der Waals surface area contributed by atoms with Crippen molar-refractivity contribution >= 4 is 5.69 Å². The molecule has 1 saturated carbocycles. The molecule has 0 heterocycles. The molecule has 2 aliphatic rings. The van der Waals surface area contributed by atoms with E-state index in [0.717, 1.165) is 62.9 Å². The van der Waals surface area contributed by atoms with Crippen LogP contribution in [-0.4, -0.2) is 38.5 Å². The number of phenolic OH excluding ortho intramolecular Hbond substituents is 1. The SMILES string of the molecule is CCN(Cc1ccc(OCCNCC2CCC2)cc1)c1cc(OC)ccc1C1CCc2cc(O)ccc2C1. The summed E-state index contributed by atoms with van der Waals surface area (Å²) < 4.78 is 11.6. The lowest BCUT2D eigenvalue weighted by molar-refractivity contribution is 0.276. The van der Waals surface area contributed by atoms with Crippen LogP contribution in [-0.2, 0) is 19.4 Å². The minimum atomic E-state index is 0.363. The van der Waals surface area contributed by atoms with Crippen molar-refractivity contribution in [1.82, 2.24) is 5.32 Å². The molecule has 0 spiro atoms. The van der Waals surface area contributed by atoms with E-state index in [1.165, 1.54) is 47.2 Å². The first-order chi connectivity index (χ1) is 18.6. The third kappa shape index (κ3) is 6.44. The minimum Gasteiger partial charge on any atom is -0.508 e. The van der Waals surface area contributed by atoms with Crippen molar-refractivity contribution in [2.75, 3.05) is 38.3 Å². The van der Waals surface area contributed by atoms with E-state index in [-0.39, 0.29) is 0 Å². The normalized spacial score (nSPS) is 16.9. The van der Waals surface area contributed by atoms with Crippen molar-refractivity contribution < 1.29 is 14.6 Å². The Hall–Kier alpha value is -3.18. The summed E-state index contributed by atoms with van der Waals surface area (Å²) in [5.74, 6) is 3.50. The van der Waals surface area contributed by atoms with E-state index in [2.05, 4.69) is 65.7 Å². The number of hydrogen-bond donors (Lipinski definition) is 2. The van der Waals surface area contributed by atoms with E-state index in [4.69, 9.17) is 9.47 Å². The highest BCUT2D eigenvalue weighted by molar-refractivity contribution is 5.60. The lowest BCUT2D eigenvalue weighted by Crippen LogP contribution is -2.30. The highest BCUT2D eigenvalue weighted by atomic mass is 16.5. The van der Waals surface area contributed by atoms with Crippen LogP contribution in [0.5, 0.6) is 17.2 Å². The first kappa shape index (κ1) is 26.4. The van der Waals surface area contributed by atoms with Gasteiger partial charge in [-0.25, -0.2) is 0 Å². The molecular formula is C33H42N2O3. The van der Waals surface area contributed by atoms with Crippen LogP contribution in [0.4, 0.5) is 5.69 Å². The molecule has 2 aliphatic carbocycles. The Labute approximate surface area is 227 Å². The number of phenols is 1. The number of hydrogen-bond acceptors (Lipinski definition) is 5. The van der Waals surface area contributed by atoms with Gasteiger partial charge in [-0.15, -0.1) is 0 Å². The van der Waals surface area contributed by atoms with Crippen molar-refractivity contribution in [2.24, 2.45) is 5.92 Å². The summed E-state index contributed by atoms with van der Waals surface area (Å²) in [5, 5.41) is 13.4. The average Bonchev–Trinajstić information content (AvgIpc) is 2.92. The van der Waals surface area contributed by atoms with Crippen molar-refractivity contribution in [1.29, 1.82) is 0 Å². The second kappa shape index (κ2) is 12.6. The lowest BCUT2D eigenvalue weighted by atomic mass is 9.79. The molecule has 202 valence electrons. The maximum Gasteiger partial charge on any atom is 0.120 e. The van der Waals surface area contributed by atoms with Crippen molar-refractivity contribution in [3.63, 3.8) is 0 Å². The van der Waals surface area contributed by atoms with Crippen LogP contribution in [0.15, 0.2) is 60.7 Å². The van der Waals surface area contributed by atoms with Gasteiger partial charge in [0, 0.05) is 31.4 Å². The fraction of sp³-hybridized carbons (Fsp3) is 0.455. The second-order valence-electron chi connectivity index (χ2n) is 10.8. The quantitative estimate of drug-likeness (QED) is 0.271. The number of rotatable bonds is 12. The van der Waals surface area contributed by atoms with Gasteiger partial charge in [-0.1, -0.05) is 30.7 Å². The number of fused-ring (bicyclic) bond motifs is 1. The molecule has 3 aromatic rings. The number of aryl methyl sites for hydroxylation is 1.